The molecule has 0 spiro atoms. The lowest BCUT2D eigenvalue weighted by molar-refractivity contribution is -0.136. The van der Waals surface area contributed by atoms with E-state index in [9.17, 15) is 14.4 Å². The third-order valence-corrected chi connectivity index (χ3v) is 5.93. The van der Waals surface area contributed by atoms with Crippen LogP contribution in [0, 0.1) is 5.92 Å². The molecule has 8 nitrogen and oxygen atoms in total. The summed E-state index contributed by atoms with van der Waals surface area (Å²) in [5.41, 5.74) is 0.374. The van der Waals surface area contributed by atoms with Gasteiger partial charge in [0.15, 0.2) is 0 Å². The molecule has 0 aromatic heterocycles. The maximum atomic E-state index is 12.9. The fourth-order valence-corrected chi connectivity index (χ4v) is 4.23. The van der Waals surface area contributed by atoms with Gasteiger partial charge in [-0.3, -0.25) is 14.4 Å². The van der Waals surface area contributed by atoms with Gasteiger partial charge >= 0.3 is 0 Å². The first kappa shape index (κ1) is 21.9. The van der Waals surface area contributed by atoms with Crippen LogP contribution in [0.3, 0.4) is 0 Å². The second kappa shape index (κ2) is 9.36. The molecule has 1 aromatic rings. The molecule has 1 unspecified atom stereocenters. The summed E-state index contributed by atoms with van der Waals surface area (Å²) in [5.74, 6) is 0.506. The minimum absolute atomic E-state index is 0.0338. The molecule has 2 heterocycles. The minimum atomic E-state index is -0.260. The molecule has 1 N–H and O–H groups in total. The monoisotopic (exact) mass is 417 g/mol. The molecule has 3 amide bonds. The zero-order valence-electron chi connectivity index (χ0n) is 18.1. The SMILES string of the molecule is COc1cccc(OC)c1C(=O)NC1CCN(C(=O)C2CC(=O)N(C(C)C)C2)CC1. The Bertz CT molecular complexity index is 780. The first-order valence-corrected chi connectivity index (χ1v) is 10.5. The Morgan fingerprint density at radius 1 is 1.10 bits per heavy atom. The lowest BCUT2D eigenvalue weighted by Crippen LogP contribution is -2.48. The molecular weight excluding hydrogens is 386 g/mol. The number of benzene rings is 1. The number of rotatable bonds is 6. The van der Waals surface area contributed by atoms with Gasteiger partial charge in [0.2, 0.25) is 11.8 Å². The Labute approximate surface area is 177 Å². The molecule has 2 aliphatic rings. The number of carbonyl (C=O) groups is 3. The second-order valence-electron chi connectivity index (χ2n) is 8.15. The lowest BCUT2D eigenvalue weighted by atomic mass is 10.0. The molecule has 0 aliphatic carbocycles. The number of methoxy groups -OCH3 is 2. The zero-order chi connectivity index (χ0) is 21.8. The van der Waals surface area contributed by atoms with Gasteiger partial charge in [-0.05, 0) is 38.8 Å². The molecule has 1 aromatic carbocycles. The van der Waals surface area contributed by atoms with Crippen molar-refractivity contribution < 1.29 is 23.9 Å². The molecule has 164 valence electrons. The summed E-state index contributed by atoms with van der Waals surface area (Å²) < 4.78 is 10.6. The molecule has 30 heavy (non-hydrogen) atoms. The average molecular weight is 418 g/mol. The summed E-state index contributed by atoms with van der Waals surface area (Å²) in [6, 6.07) is 5.30. The summed E-state index contributed by atoms with van der Waals surface area (Å²) in [6.07, 6.45) is 1.63. The maximum absolute atomic E-state index is 12.9. The molecule has 0 saturated carbocycles. The highest BCUT2D eigenvalue weighted by Gasteiger charge is 2.38. The molecule has 2 aliphatic heterocycles. The highest BCUT2D eigenvalue weighted by atomic mass is 16.5. The zero-order valence-corrected chi connectivity index (χ0v) is 18.1. The highest BCUT2D eigenvalue weighted by molar-refractivity contribution is 6.00. The summed E-state index contributed by atoms with van der Waals surface area (Å²) in [4.78, 5) is 41.4. The van der Waals surface area contributed by atoms with Crippen molar-refractivity contribution in [2.75, 3.05) is 33.9 Å². The van der Waals surface area contributed by atoms with E-state index in [1.54, 1.807) is 23.1 Å². The van der Waals surface area contributed by atoms with Gasteiger partial charge in [0, 0.05) is 38.1 Å². The van der Waals surface area contributed by atoms with E-state index >= 15 is 0 Å². The number of nitrogens with zero attached hydrogens (tertiary/aromatic N) is 2. The van der Waals surface area contributed by atoms with E-state index in [0.717, 1.165) is 0 Å². The van der Waals surface area contributed by atoms with Gasteiger partial charge in [0.1, 0.15) is 17.1 Å². The van der Waals surface area contributed by atoms with Crippen LogP contribution in [0.5, 0.6) is 11.5 Å². The van der Waals surface area contributed by atoms with Gasteiger partial charge in [-0.25, -0.2) is 0 Å². The molecule has 0 bridgehead atoms. The fourth-order valence-electron chi connectivity index (χ4n) is 4.23. The molecule has 2 fully saturated rings. The number of carbonyl (C=O) groups excluding carboxylic acids is 3. The van der Waals surface area contributed by atoms with Crippen LogP contribution in [0.4, 0.5) is 0 Å². The van der Waals surface area contributed by atoms with E-state index in [4.69, 9.17) is 9.47 Å². The minimum Gasteiger partial charge on any atom is -0.496 e. The third kappa shape index (κ3) is 4.52. The number of ether oxygens (including phenoxy) is 2. The Morgan fingerprint density at radius 3 is 2.20 bits per heavy atom. The lowest BCUT2D eigenvalue weighted by Gasteiger charge is -2.34. The van der Waals surface area contributed by atoms with E-state index in [1.165, 1.54) is 14.2 Å². The molecule has 2 saturated heterocycles. The first-order valence-electron chi connectivity index (χ1n) is 10.5. The number of hydrogen-bond donors (Lipinski definition) is 1. The Hall–Kier alpha value is -2.77. The van der Waals surface area contributed by atoms with Crippen LogP contribution >= 0.6 is 0 Å². The summed E-state index contributed by atoms with van der Waals surface area (Å²) in [5, 5.41) is 3.04. The fraction of sp³-hybridized carbons (Fsp3) is 0.591. The Kier molecular flexibility index (Phi) is 6.84. The van der Waals surface area contributed by atoms with E-state index in [1.807, 2.05) is 18.7 Å². The normalized spacial score (nSPS) is 19.9. The van der Waals surface area contributed by atoms with E-state index in [-0.39, 0.29) is 35.7 Å². The largest absolute Gasteiger partial charge is 0.496 e. The van der Waals surface area contributed by atoms with Crippen LogP contribution in [0.1, 0.15) is 43.5 Å². The van der Waals surface area contributed by atoms with Crippen molar-refractivity contribution in [3.8, 4) is 11.5 Å². The van der Waals surface area contributed by atoms with E-state index < -0.39 is 0 Å². The van der Waals surface area contributed by atoms with Crippen LogP contribution < -0.4 is 14.8 Å². The number of likely N-dealkylation sites (tertiary alicyclic amines) is 2. The first-order chi connectivity index (χ1) is 14.3. The van der Waals surface area contributed by atoms with Crippen LogP contribution in [0.2, 0.25) is 0 Å². The number of nitrogens with one attached hydrogen (secondary N) is 1. The van der Waals surface area contributed by atoms with Crippen molar-refractivity contribution in [3.05, 3.63) is 23.8 Å². The quantitative estimate of drug-likeness (QED) is 0.761. The van der Waals surface area contributed by atoms with Crippen molar-refractivity contribution >= 4 is 17.7 Å². The second-order valence-corrected chi connectivity index (χ2v) is 8.15. The molecule has 3 rings (SSSR count). The standard InChI is InChI=1S/C22H31N3O5/c1-14(2)25-13-15(12-19(25)26)22(28)24-10-8-16(9-11-24)23-21(27)20-17(29-3)6-5-7-18(20)30-4/h5-7,14-16H,8-13H2,1-4H3,(H,23,27). The van der Waals surface area contributed by atoms with Gasteiger partial charge in [0.05, 0.1) is 20.1 Å². The van der Waals surface area contributed by atoms with Crippen LogP contribution in [0.15, 0.2) is 18.2 Å². The van der Waals surface area contributed by atoms with Crippen LogP contribution in [0.25, 0.3) is 0 Å². The van der Waals surface area contributed by atoms with Crippen molar-refractivity contribution in [2.45, 2.75) is 45.2 Å². The maximum Gasteiger partial charge on any atom is 0.259 e. The molecule has 0 radical (unpaired) electrons. The summed E-state index contributed by atoms with van der Waals surface area (Å²) >= 11 is 0. The Morgan fingerprint density at radius 2 is 1.70 bits per heavy atom. The highest BCUT2D eigenvalue weighted by Crippen LogP contribution is 2.29. The van der Waals surface area contributed by atoms with Gasteiger partial charge < -0.3 is 24.6 Å². The van der Waals surface area contributed by atoms with E-state index in [2.05, 4.69) is 5.32 Å². The smallest absolute Gasteiger partial charge is 0.259 e. The van der Waals surface area contributed by atoms with Gasteiger partial charge in [-0.1, -0.05) is 6.07 Å². The molecule has 8 heteroatoms. The average Bonchev–Trinajstić information content (AvgIpc) is 3.15. The van der Waals surface area contributed by atoms with Crippen molar-refractivity contribution in [2.24, 2.45) is 5.92 Å². The van der Waals surface area contributed by atoms with Gasteiger partial charge in [-0.2, -0.15) is 0 Å². The summed E-state index contributed by atoms with van der Waals surface area (Å²) in [6.45, 7) is 5.57. The number of amides is 3. The molecule has 1 atom stereocenters. The predicted molar refractivity (Wildman–Crippen MR) is 112 cm³/mol. The van der Waals surface area contributed by atoms with Crippen LogP contribution in [-0.2, 0) is 9.59 Å². The summed E-state index contributed by atoms with van der Waals surface area (Å²) in [7, 11) is 3.04. The molecular formula is C22H31N3O5. The predicted octanol–water partition coefficient (Wildman–Crippen LogP) is 1.68. The van der Waals surface area contributed by atoms with Crippen molar-refractivity contribution in [1.29, 1.82) is 0 Å². The van der Waals surface area contributed by atoms with Gasteiger partial charge in [0.25, 0.3) is 5.91 Å². The van der Waals surface area contributed by atoms with E-state index in [0.29, 0.717) is 56.0 Å². The Balaban J connectivity index is 1.56. The number of piperidine rings is 1. The van der Waals surface area contributed by atoms with Gasteiger partial charge in [-0.15, -0.1) is 0 Å². The van der Waals surface area contributed by atoms with Crippen LogP contribution in [-0.4, -0.2) is 73.5 Å². The van der Waals surface area contributed by atoms with Crippen molar-refractivity contribution in [3.63, 3.8) is 0 Å². The topological polar surface area (TPSA) is 88.2 Å². The third-order valence-electron chi connectivity index (χ3n) is 5.93. The number of hydrogen-bond acceptors (Lipinski definition) is 5. The van der Waals surface area contributed by atoms with Crippen molar-refractivity contribution in [1.82, 2.24) is 15.1 Å².